The van der Waals surface area contributed by atoms with Crippen molar-refractivity contribution >= 4 is 27.3 Å². The molecule has 0 bridgehead atoms. The molecule has 2 aromatic rings. The van der Waals surface area contributed by atoms with Gasteiger partial charge in [0.05, 0.1) is 10.6 Å². The molecule has 0 aromatic heterocycles. The summed E-state index contributed by atoms with van der Waals surface area (Å²) in [7, 11) is -3.83. The number of nitrogens with one attached hydrogen (secondary N) is 1. The fourth-order valence-electron chi connectivity index (χ4n) is 1.90. The van der Waals surface area contributed by atoms with Crippen molar-refractivity contribution < 1.29 is 12.8 Å². The summed E-state index contributed by atoms with van der Waals surface area (Å²) in [4.78, 5) is 0.0849. The Morgan fingerprint density at radius 1 is 1.14 bits per heavy atom. The summed E-state index contributed by atoms with van der Waals surface area (Å²) in [6, 6.07) is 10.2. The number of sulfonamides is 1. The molecule has 0 saturated heterocycles. The first-order valence-electron chi connectivity index (χ1n) is 6.49. The van der Waals surface area contributed by atoms with E-state index in [0.717, 1.165) is 24.5 Å². The molecule has 6 heteroatoms. The Hall–Kier alpha value is -1.59. The van der Waals surface area contributed by atoms with Crippen LogP contribution in [0.1, 0.15) is 18.9 Å². The van der Waals surface area contributed by atoms with E-state index in [0.29, 0.717) is 0 Å². The van der Waals surface area contributed by atoms with Crippen molar-refractivity contribution in [2.75, 3.05) is 4.72 Å². The van der Waals surface area contributed by atoms with Gasteiger partial charge in [0.1, 0.15) is 5.82 Å². The molecule has 0 fully saturated rings. The molecule has 1 N–H and O–H groups in total. The average Bonchev–Trinajstić information content (AvgIpc) is 2.44. The molecule has 0 aliphatic rings. The maximum atomic E-state index is 13.6. The van der Waals surface area contributed by atoms with Crippen LogP contribution in [0.4, 0.5) is 10.1 Å². The molecule has 0 saturated carbocycles. The van der Waals surface area contributed by atoms with Crippen LogP contribution < -0.4 is 4.72 Å². The monoisotopic (exact) mass is 327 g/mol. The third-order valence-electron chi connectivity index (χ3n) is 2.95. The lowest BCUT2D eigenvalue weighted by Crippen LogP contribution is -2.14. The molecule has 2 aromatic carbocycles. The van der Waals surface area contributed by atoms with Gasteiger partial charge < -0.3 is 0 Å². The van der Waals surface area contributed by atoms with Crippen LogP contribution in [0.15, 0.2) is 47.4 Å². The summed E-state index contributed by atoms with van der Waals surface area (Å²) in [5.41, 5.74) is 0.894. The minimum atomic E-state index is -3.83. The Balaban J connectivity index is 2.27. The number of aryl methyl sites for hydroxylation is 1. The third-order valence-corrected chi connectivity index (χ3v) is 4.56. The minimum Gasteiger partial charge on any atom is -0.277 e. The average molecular weight is 328 g/mol. The van der Waals surface area contributed by atoms with Crippen LogP contribution in [0.2, 0.25) is 5.02 Å². The molecule has 3 nitrogen and oxygen atoms in total. The molecule has 0 heterocycles. The highest BCUT2D eigenvalue weighted by Crippen LogP contribution is 2.23. The van der Waals surface area contributed by atoms with Crippen molar-refractivity contribution in [3.63, 3.8) is 0 Å². The lowest BCUT2D eigenvalue weighted by molar-refractivity contribution is 0.598. The van der Waals surface area contributed by atoms with E-state index in [2.05, 4.69) is 4.72 Å². The molecule has 112 valence electrons. The van der Waals surface area contributed by atoms with E-state index in [1.807, 2.05) is 6.92 Å². The third kappa shape index (κ3) is 3.95. The van der Waals surface area contributed by atoms with Crippen molar-refractivity contribution in [3.05, 3.63) is 58.9 Å². The topological polar surface area (TPSA) is 46.2 Å². The summed E-state index contributed by atoms with van der Waals surface area (Å²) >= 11 is 5.75. The predicted molar refractivity (Wildman–Crippen MR) is 82.7 cm³/mol. The lowest BCUT2D eigenvalue weighted by Gasteiger charge is -2.10. The lowest BCUT2D eigenvalue weighted by atomic mass is 10.1. The number of halogens is 2. The van der Waals surface area contributed by atoms with E-state index in [-0.39, 0.29) is 15.6 Å². The highest BCUT2D eigenvalue weighted by molar-refractivity contribution is 7.92. The van der Waals surface area contributed by atoms with E-state index in [9.17, 15) is 12.8 Å². The second kappa shape index (κ2) is 6.45. The Kier molecular flexibility index (Phi) is 4.85. The molecule has 0 unspecified atom stereocenters. The zero-order valence-electron chi connectivity index (χ0n) is 11.4. The molecule has 0 atom stereocenters. The largest absolute Gasteiger partial charge is 0.277 e. The van der Waals surface area contributed by atoms with Gasteiger partial charge in [-0.1, -0.05) is 37.1 Å². The second-order valence-electron chi connectivity index (χ2n) is 4.62. The highest BCUT2D eigenvalue weighted by atomic mass is 35.5. The molecule has 0 radical (unpaired) electrons. The van der Waals surface area contributed by atoms with Crippen molar-refractivity contribution in [1.29, 1.82) is 0 Å². The highest BCUT2D eigenvalue weighted by Gasteiger charge is 2.16. The number of anilines is 1. The molecular weight excluding hydrogens is 313 g/mol. The van der Waals surface area contributed by atoms with Crippen molar-refractivity contribution in [2.45, 2.75) is 24.7 Å². The van der Waals surface area contributed by atoms with E-state index >= 15 is 0 Å². The van der Waals surface area contributed by atoms with E-state index in [4.69, 9.17) is 11.6 Å². The van der Waals surface area contributed by atoms with Gasteiger partial charge in [0, 0.05) is 5.02 Å². The number of benzene rings is 2. The summed E-state index contributed by atoms with van der Waals surface area (Å²) in [6.07, 6.45) is 1.87. The molecule has 0 aliphatic carbocycles. The van der Waals surface area contributed by atoms with Crippen LogP contribution in [0.3, 0.4) is 0 Å². The minimum absolute atomic E-state index is 0.0849. The van der Waals surface area contributed by atoms with E-state index < -0.39 is 15.8 Å². The maximum absolute atomic E-state index is 13.6. The molecule has 21 heavy (non-hydrogen) atoms. The Bertz CT molecular complexity index is 730. The maximum Gasteiger partial charge on any atom is 0.261 e. The van der Waals surface area contributed by atoms with Gasteiger partial charge in [0.15, 0.2) is 0 Å². The first-order valence-corrected chi connectivity index (χ1v) is 8.35. The van der Waals surface area contributed by atoms with Crippen molar-refractivity contribution in [1.82, 2.24) is 0 Å². The van der Waals surface area contributed by atoms with Crippen LogP contribution in [0, 0.1) is 5.82 Å². The van der Waals surface area contributed by atoms with Gasteiger partial charge >= 0.3 is 0 Å². The second-order valence-corrected chi connectivity index (χ2v) is 6.74. The van der Waals surface area contributed by atoms with Crippen molar-refractivity contribution in [3.8, 4) is 0 Å². The summed E-state index contributed by atoms with van der Waals surface area (Å²) < 4.78 is 40.2. The van der Waals surface area contributed by atoms with Gasteiger partial charge in [-0.3, -0.25) is 4.72 Å². The molecule has 0 spiro atoms. The number of hydrogen-bond acceptors (Lipinski definition) is 2. The van der Waals surface area contributed by atoms with Gasteiger partial charge in [-0.2, -0.15) is 0 Å². The Morgan fingerprint density at radius 2 is 1.81 bits per heavy atom. The molecular formula is C15H15ClFNO2S. The van der Waals surface area contributed by atoms with Gasteiger partial charge in [0.2, 0.25) is 0 Å². The zero-order valence-corrected chi connectivity index (χ0v) is 13.0. The smallest absolute Gasteiger partial charge is 0.261 e. The van der Waals surface area contributed by atoms with Crippen LogP contribution in [0.25, 0.3) is 0 Å². The van der Waals surface area contributed by atoms with Gasteiger partial charge in [-0.05, 0) is 42.3 Å². The van der Waals surface area contributed by atoms with Crippen molar-refractivity contribution in [2.24, 2.45) is 0 Å². The molecule has 0 aliphatic heterocycles. The summed E-state index contributed by atoms with van der Waals surface area (Å²) in [5.74, 6) is -0.675. The number of hydrogen-bond donors (Lipinski definition) is 1. The van der Waals surface area contributed by atoms with Crippen LogP contribution in [-0.4, -0.2) is 8.42 Å². The predicted octanol–water partition coefficient (Wildman–Crippen LogP) is 4.23. The molecule has 0 amide bonds. The summed E-state index contributed by atoms with van der Waals surface area (Å²) in [6.45, 7) is 2.05. The summed E-state index contributed by atoms with van der Waals surface area (Å²) in [5, 5.41) is 0.257. The van der Waals surface area contributed by atoms with Crippen LogP contribution >= 0.6 is 11.6 Å². The van der Waals surface area contributed by atoms with Gasteiger partial charge in [-0.15, -0.1) is 0 Å². The van der Waals surface area contributed by atoms with Gasteiger partial charge in [0.25, 0.3) is 10.0 Å². The van der Waals surface area contributed by atoms with E-state index in [1.165, 1.54) is 24.3 Å². The Morgan fingerprint density at radius 3 is 2.43 bits per heavy atom. The first kappa shape index (κ1) is 15.8. The fraction of sp³-hybridized carbons (Fsp3) is 0.200. The normalized spacial score (nSPS) is 11.4. The van der Waals surface area contributed by atoms with Gasteiger partial charge in [-0.25, -0.2) is 12.8 Å². The fourth-order valence-corrected chi connectivity index (χ4v) is 3.13. The van der Waals surface area contributed by atoms with E-state index in [1.54, 1.807) is 12.1 Å². The SMILES string of the molecule is CCCc1ccc(S(=O)(=O)Nc2cc(Cl)ccc2F)cc1. The Labute approximate surface area is 128 Å². The quantitative estimate of drug-likeness (QED) is 0.893. The molecule has 2 rings (SSSR count). The van der Waals surface area contributed by atoms with Crippen LogP contribution in [-0.2, 0) is 16.4 Å². The standard InChI is InChI=1S/C15H15ClFNO2S/c1-2-3-11-4-7-13(8-5-11)21(19,20)18-15-10-12(16)6-9-14(15)17/h4-10,18H,2-3H2,1H3. The first-order chi connectivity index (χ1) is 9.92. The van der Waals surface area contributed by atoms with Crippen LogP contribution in [0.5, 0.6) is 0 Å². The number of rotatable bonds is 5. The zero-order chi connectivity index (χ0) is 15.5.